The molecular formula is C8H8ClF2NO. The first kappa shape index (κ1) is 10.3. The van der Waals surface area contributed by atoms with E-state index in [0.29, 0.717) is 10.6 Å². The normalized spacial score (nSPS) is 13.3. The Morgan fingerprint density at radius 2 is 2.23 bits per heavy atom. The summed E-state index contributed by atoms with van der Waals surface area (Å²) in [6.07, 6.45) is -1.77. The molecule has 0 fully saturated rings. The van der Waals surface area contributed by atoms with E-state index in [4.69, 9.17) is 16.7 Å². The first-order chi connectivity index (χ1) is 6.11. The zero-order valence-corrected chi connectivity index (χ0v) is 7.38. The van der Waals surface area contributed by atoms with Crippen molar-refractivity contribution in [3.8, 4) is 0 Å². The van der Waals surface area contributed by atoms with Crippen molar-refractivity contribution in [2.45, 2.75) is 19.0 Å². The largest absolute Gasteiger partial charge is 0.387 e. The average molecular weight is 208 g/mol. The summed E-state index contributed by atoms with van der Waals surface area (Å²) in [5.74, 6) is 0. The lowest BCUT2D eigenvalue weighted by atomic mass is 10.1. The Hall–Kier alpha value is -0.740. The van der Waals surface area contributed by atoms with Crippen LogP contribution in [0.4, 0.5) is 8.78 Å². The van der Waals surface area contributed by atoms with Crippen LogP contribution in [0.15, 0.2) is 18.5 Å². The van der Waals surface area contributed by atoms with E-state index in [0.717, 1.165) is 0 Å². The molecule has 0 saturated heterocycles. The van der Waals surface area contributed by atoms with Crippen molar-refractivity contribution in [1.29, 1.82) is 0 Å². The maximum atomic E-state index is 11.9. The number of nitrogens with zero attached hydrogens (tertiary/aromatic N) is 1. The molecule has 0 aliphatic heterocycles. The minimum absolute atomic E-state index is 0.154. The maximum Gasteiger partial charge on any atom is 0.264 e. The summed E-state index contributed by atoms with van der Waals surface area (Å²) < 4.78 is 23.9. The number of rotatable bonds is 3. The highest BCUT2D eigenvalue weighted by Crippen LogP contribution is 2.17. The van der Waals surface area contributed by atoms with E-state index in [1.165, 1.54) is 18.5 Å². The van der Waals surface area contributed by atoms with Crippen LogP contribution in [0.1, 0.15) is 5.56 Å². The number of hydrogen-bond acceptors (Lipinski definition) is 2. The van der Waals surface area contributed by atoms with Crippen LogP contribution < -0.4 is 0 Å². The van der Waals surface area contributed by atoms with Crippen LogP contribution in [0.2, 0.25) is 5.02 Å². The molecule has 0 saturated carbocycles. The van der Waals surface area contributed by atoms with Crippen LogP contribution in [0.3, 0.4) is 0 Å². The summed E-state index contributed by atoms with van der Waals surface area (Å²) in [6, 6.07) is 1.51. The fourth-order valence-corrected chi connectivity index (χ4v) is 1.08. The summed E-state index contributed by atoms with van der Waals surface area (Å²) in [7, 11) is 0. The van der Waals surface area contributed by atoms with E-state index in [2.05, 4.69) is 4.98 Å². The molecule has 0 amide bonds. The van der Waals surface area contributed by atoms with E-state index < -0.39 is 12.5 Å². The zero-order valence-electron chi connectivity index (χ0n) is 6.62. The third kappa shape index (κ3) is 2.90. The minimum atomic E-state index is -2.75. The van der Waals surface area contributed by atoms with Crippen molar-refractivity contribution < 1.29 is 13.9 Å². The second-order valence-corrected chi connectivity index (χ2v) is 2.98. The number of pyridine rings is 1. The van der Waals surface area contributed by atoms with Gasteiger partial charge < -0.3 is 5.11 Å². The molecule has 0 aliphatic carbocycles. The fraction of sp³-hybridized carbons (Fsp3) is 0.375. The van der Waals surface area contributed by atoms with Crippen molar-refractivity contribution >= 4 is 11.6 Å². The van der Waals surface area contributed by atoms with Gasteiger partial charge >= 0.3 is 0 Å². The smallest absolute Gasteiger partial charge is 0.264 e. The Labute approximate surface area is 79.2 Å². The highest BCUT2D eigenvalue weighted by atomic mass is 35.5. The molecule has 1 aromatic rings. The van der Waals surface area contributed by atoms with Gasteiger partial charge in [0.15, 0.2) is 0 Å². The Morgan fingerprint density at radius 3 is 2.77 bits per heavy atom. The van der Waals surface area contributed by atoms with Crippen molar-refractivity contribution in [3.05, 3.63) is 29.0 Å². The third-order valence-electron chi connectivity index (χ3n) is 1.58. The van der Waals surface area contributed by atoms with Crippen LogP contribution in [0, 0.1) is 0 Å². The molecular weight excluding hydrogens is 200 g/mol. The van der Waals surface area contributed by atoms with Gasteiger partial charge in [-0.15, -0.1) is 0 Å². The van der Waals surface area contributed by atoms with E-state index in [9.17, 15) is 8.78 Å². The summed E-state index contributed by atoms with van der Waals surface area (Å²) in [4.78, 5) is 3.70. The molecule has 2 nitrogen and oxygen atoms in total. The van der Waals surface area contributed by atoms with E-state index >= 15 is 0 Å². The third-order valence-corrected chi connectivity index (χ3v) is 1.92. The first-order valence-corrected chi connectivity index (χ1v) is 4.03. The molecule has 13 heavy (non-hydrogen) atoms. The molecule has 0 bridgehead atoms. The van der Waals surface area contributed by atoms with Crippen LogP contribution in [-0.4, -0.2) is 22.6 Å². The number of aromatic nitrogens is 1. The van der Waals surface area contributed by atoms with Gasteiger partial charge in [-0.1, -0.05) is 11.6 Å². The van der Waals surface area contributed by atoms with Gasteiger partial charge in [0.2, 0.25) is 0 Å². The van der Waals surface area contributed by atoms with E-state index in [-0.39, 0.29) is 6.42 Å². The quantitative estimate of drug-likeness (QED) is 0.821. The fourth-order valence-electron chi connectivity index (χ4n) is 0.884. The van der Waals surface area contributed by atoms with Gasteiger partial charge in [-0.05, 0) is 11.6 Å². The van der Waals surface area contributed by atoms with Gasteiger partial charge in [0.05, 0.1) is 5.02 Å². The Balaban J connectivity index is 2.69. The molecule has 0 radical (unpaired) electrons. The maximum absolute atomic E-state index is 11.9. The second kappa shape index (κ2) is 4.48. The monoisotopic (exact) mass is 207 g/mol. The highest BCUT2D eigenvalue weighted by Gasteiger charge is 2.18. The Kier molecular flexibility index (Phi) is 3.57. The summed E-state index contributed by atoms with van der Waals surface area (Å²) in [5.41, 5.74) is 0.476. The molecule has 1 aromatic heterocycles. The van der Waals surface area contributed by atoms with Gasteiger partial charge in [-0.2, -0.15) is 0 Å². The van der Waals surface area contributed by atoms with Crippen molar-refractivity contribution in [3.63, 3.8) is 0 Å². The molecule has 1 atom stereocenters. The number of alkyl halides is 2. The van der Waals surface area contributed by atoms with Crippen molar-refractivity contribution in [1.82, 2.24) is 4.98 Å². The topological polar surface area (TPSA) is 33.1 Å². The molecule has 0 aromatic carbocycles. The average Bonchev–Trinajstić information content (AvgIpc) is 2.08. The molecule has 72 valence electrons. The summed E-state index contributed by atoms with van der Waals surface area (Å²) in [6.45, 7) is 0. The van der Waals surface area contributed by atoms with Crippen LogP contribution >= 0.6 is 11.6 Å². The van der Waals surface area contributed by atoms with E-state index in [1.807, 2.05) is 0 Å². The predicted molar refractivity (Wildman–Crippen MR) is 45.0 cm³/mol. The molecule has 0 aliphatic rings. The molecule has 1 rings (SSSR count). The van der Waals surface area contributed by atoms with Gasteiger partial charge in [-0.25, -0.2) is 8.78 Å². The minimum Gasteiger partial charge on any atom is -0.387 e. The van der Waals surface area contributed by atoms with Crippen LogP contribution in [0.5, 0.6) is 0 Å². The second-order valence-electron chi connectivity index (χ2n) is 2.57. The van der Waals surface area contributed by atoms with E-state index in [1.54, 1.807) is 0 Å². The van der Waals surface area contributed by atoms with Crippen LogP contribution in [-0.2, 0) is 6.42 Å². The zero-order chi connectivity index (χ0) is 9.84. The first-order valence-electron chi connectivity index (χ1n) is 3.66. The van der Waals surface area contributed by atoms with Crippen molar-refractivity contribution in [2.75, 3.05) is 0 Å². The molecule has 1 N–H and O–H groups in total. The van der Waals surface area contributed by atoms with Crippen LogP contribution in [0.25, 0.3) is 0 Å². The number of aliphatic hydroxyl groups excluding tert-OH is 1. The lowest BCUT2D eigenvalue weighted by Crippen LogP contribution is -2.20. The van der Waals surface area contributed by atoms with Gasteiger partial charge in [0.25, 0.3) is 6.43 Å². The number of halogens is 3. The molecule has 5 heteroatoms. The van der Waals surface area contributed by atoms with Crippen molar-refractivity contribution in [2.24, 2.45) is 0 Å². The summed E-state index contributed by atoms with van der Waals surface area (Å²) in [5, 5.41) is 9.17. The lowest BCUT2D eigenvalue weighted by Gasteiger charge is -2.09. The standard InChI is InChI=1S/C8H8ClF2NO/c9-6-4-12-2-1-5(6)3-7(13)8(10)11/h1-2,4,7-8,13H,3H2. The lowest BCUT2D eigenvalue weighted by molar-refractivity contribution is -0.00365. The number of hydrogen-bond donors (Lipinski definition) is 1. The molecule has 0 spiro atoms. The SMILES string of the molecule is OC(Cc1ccncc1Cl)C(F)F. The Morgan fingerprint density at radius 1 is 1.54 bits per heavy atom. The van der Waals surface area contributed by atoms with Gasteiger partial charge in [0.1, 0.15) is 6.10 Å². The van der Waals surface area contributed by atoms with Gasteiger partial charge in [-0.3, -0.25) is 4.98 Å². The van der Waals surface area contributed by atoms with Gasteiger partial charge in [0, 0.05) is 18.8 Å². The Bertz CT molecular complexity index is 283. The molecule has 1 unspecified atom stereocenters. The number of aliphatic hydroxyl groups is 1. The highest BCUT2D eigenvalue weighted by molar-refractivity contribution is 6.31. The summed E-state index contributed by atoms with van der Waals surface area (Å²) >= 11 is 5.65. The molecule has 1 heterocycles. The predicted octanol–water partition coefficient (Wildman–Crippen LogP) is 1.90.